The van der Waals surface area contributed by atoms with Crippen LogP contribution in [0.4, 0.5) is 0 Å². The first-order valence-electron chi connectivity index (χ1n) is 7.11. The smallest absolute Gasteiger partial charge is 0.153 e. The number of nitrogens with one attached hydrogen (secondary N) is 1. The molecule has 1 aromatic rings. The van der Waals surface area contributed by atoms with E-state index >= 15 is 0 Å². The van der Waals surface area contributed by atoms with Gasteiger partial charge in [-0.15, -0.1) is 0 Å². The Morgan fingerprint density at radius 1 is 1.29 bits per heavy atom. The normalized spacial score (nSPS) is 11.7. The molecule has 0 spiro atoms. The second-order valence-corrected chi connectivity index (χ2v) is 7.57. The molecule has 1 aromatic carbocycles. The van der Waals surface area contributed by atoms with E-state index in [1.165, 1.54) is 0 Å². The number of hydrogen-bond acceptors (Lipinski definition) is 5. The van der Waals surface area contributed by atoms with Gasteiger partial charge in [0.2, 0.25) is 0 Å². The van der Waals surface area contributed by atoms with Crippen LogP contribution in [0.5, 0.6) is 11.5 Å². The fourth-order valence-electron chi connectivity index (χ4n) is 1.70. The minimum atomic E-state index is -3.01. The van der Waals surface area contributed by atoms with E-state index in [1.54, 1.807) is 14.0 Å². The van der Waals surface area contributed by atoms with Crippen LogP contribution in [0.1, 0.15) is 26.3 Å². The fourth-order valence-corrected chi connectivity index (χ4v) is 2.32. The summed E-state index contributed by atoms with van der Waals surface area (Å²) in [4.78, 5) is 0. The molecule has 0 radical (unpaired) electrons. The van der Waals surface area contributed by atoms with Crippen LogP contribution in [0.15, 0.2) is 18.2 Å². The Labute approximate surface area is 127 Å². The quantitative estimate of drug-likeness (QED) is 0.755. The van der Waals surface area contributed by atoms with Gasteiger partial charge in [-0.1, -0.05) is 20.8 Å². The third-order valence-corrected chi connectivity index (χ3v) is 4.73. The molecule has 0 saturated heterocycles. The average molecular weight is 315 g/mol. The molecule has 0 heterocycles. The van der Waals surface area contributed by atoms with Crippen molar-refractivity contribution in [2.45, 2.75) is 33.4 Å². The molecule has 1 rings (SSSR count). The number of benzene rings is 1. The number of hydrogen-bond donors (Lipinski definition) is 1. The molecule has 21 heavy (non-hydrogen) atoms. The van der Waals surface area contributed by atoms with Crippen molar-refractivity contribution in [2.24, 2.45) is 0 Å². The number of sulfone groups is 1. The van der Waals surface area contributed by atoms with Gasteiger partial charge in [-0.3, -0.25) is 0 Å². The molecule has 0 bridgehead atoms. The highest BCUT2D eigenvalue weighted by Crippen LogP contribution is 2.24. The minimum Gasteiger partial charge on any atom is -0.497 e. The summed E-state index contributed by atoms with van der Waals surface area (Å²) in [5, 5.41) is 3.32. The van der Waals surface area contributed by atoms with E-state index in [-0.39, 0.29) is 18.1 Å². The third-order valence-electron chi connectivity index (χ3n) is 3.06. The summed E-state index contributed by atoms with van der Waals surface area (Å²) in [6.07, 6.45) is 0. The SMILES string of the molecule is CCS(=O)(=O)CCOc1ccc(OC)cc1CNC(C)C. The topological polar surface area (TPSA) is 64.6 Å². The first kappa shape index (κ1) is 17.8. The second-order valence-electron chi connectivity index (χ2n) is 5.09. The Bertz CT molecular complexity index is 541. The lowest BCUT2D eigenvalue weighted by atomic mass is 10.1. The Morgan fingerprint density at radius 3 is 2.57 bits per heavy atom. The van der Waals surface area contributed by atoms with Crippen molar-refractivity contribution in [1.29, 1.82) is 0 Å². The van der Waals surface area contributed by atoms with Crippen LogP contribution in [0.25, 0.3) is 0 Å². The first-order chi connectivity index (χ1) is 9.88. The van der Waals surface area contributed by atoms with Crippen molar-refractivity contribution in [3.63, 3.8) is 0 Å². The molecule has 1 N–H and O–H groups in total. The molecule has 0 amide bonds. The molecule has 0 fully saturated rings. The van der Waals surface area contributed by atoms with E-state index < -0.39 is 9.84 Å². The van der Waals surface area contributed by atoms with Gasteiger partial charge in [-0.2, -0.15) is 0 Å². The summed E-state index contributed by atoms with van der Waals surface area (Å²) in [6, 6.07) is 5.88. The van der Waals surface area contributed by atoms with Gasteiger partial charge in [-0.05, 0) is 18.2 Å². The standard InChI is InChI=1S/C15H25NO4S/c1-5-21(17,18)9-8-20-15-7-6-14(19-4)10-13(15)11-16-12(2)3/h6-7,10,12,16H,5,8-9,11H2,1-4H3. The lowest BCUT2D eigenvalue weighted by molar-refractivity contribution is 0.334. The van der Waals surface area contributed by atoms with E-state index in [2.05, 4.69) is 19.2 Å². The molecular formula is C15H25NO4S. The third kappa shape index (κ3) is 6.35. The van der Waals surface area contributed by atoms with E-state index in [1.807, 2.05) is 18.2 Å². The zero-order valence-corrected chi connectivity index (χ0v) is 14.0. The molecule has 0 aliphatic rings. The van der Waals surface area contributed by atoms with Gasteiger partial charge in [0.05, 0.1) is 12.9 Å². The highest BCUT2D eigenvalue weighted by molar-refractivity contribution is 7.91. The van der Waals surface area contributed by atoms with Crippen LogP contribution in [0.2, 0.25) is 0 Å². The molecule has 0 aromatic heterocycles. The van der Waals surface area contributed by atoms with Crippen LogP contribution in [-0.4, -0.2) is 39.7 Å². The molecule has 0 atom stereocenters. The molecule has 5 nitrogen and oxygen atoms in total. The van der Waals surface area contributed by atoms with Crippen LogP contribution in [0, 0.1) is 0 Å². The maximum Gasteiger partial charge on any atom is 0.153 e. The Hall–Kier alpha value is -1.27. The molecular weight excluding hydrogens is 290 g/mol. The van der Waals surface area contributed by atoms with Crippen LogP contribution in [0.3, 0.4) is 0 Å². The summed E-state index contributed by atoms with van der Waals surface area (Å²) >= 11 is 0. The van der Waals surface area contributed by atoms with E-state index in [4.69, 9.17) is 9.47 Å². The summed E-state index contributed by atoms with van der Waals surface area (Å²) in [6.45, 7) is 6.58. The molecule has 0 aliphatic heterocycles. The highest BCUT2D eigenvalue weighted by Gasteiger charge is 2.10. The zero-order valence-electron chi connectivity index (χ0n) is 13.2. The van der Waals surface area contributed by atoms with Gasteiger partial charge in [0, 0.05) is 23.9 Å². The number of ether oxygens (including phenoxy) is 2. The summed E-state index contributed by atoms with van der Waals surface area (Å²) < 4.78 is 33.8. The van der Waals surface area contributed by atoms with Gasteiger partial charge in [-0.25, -0.2) is 8.42 Å². The lowest BCUT2D eigenvalue weighted by Gasteiger charge is -2.15. The van der Waals surface area contributed by atoms with Crippen molar-refractivity contribution < 1.29 is 17.9 Å². The highest BCUT2D eigenvalue weighted by atomic mass is 32.2. The molecule has 120 valence electrons. The van der Waals surface area contributed by atoms with Gasteiger partial charge >= 0.3 is 0 Å². The lowest BCUT2D eigenvalue weighted by Crippen LogP contribution is -2.22. The van der Waals surface area contributed by atoms with Crippen LogP contribution < -0.4 is 14.8 Å². The van der Waals surface area contributed by atoms with E-state index in [0.717, 1.165) is 11.3 Å². The van der Waals surface area contributed by atoms with Crippen LogP contribution >= 0.6 is 0 Å². The Balaban J connectivity index is 2.75. The molecule has 6 heteroatoms. The summed E-state index contributed by atoms with van der Waals surface area (Å²) in [5.41, 5.74) is 0.956. The largest absolute Gasteiger partial charge is 0.497 e. The predicted molar refractivity (Wildman–Crippen MR) is 84.8 cm³/mol. The van der Waals surface area contributed by atoms with Crippen molar-refractivity contribution in [1.82, 2.24) is 5.32 Å². The number of methoxy groups -OCH3 is 1. The molecule has 0 aliphatic carbocycles. The van der Waals surface area contributed by atoms with Gasteiger partial charge in [0.25, 0.3) is 0 Å². The summed E-state index contributed by atoms with van der Waals surface area (Å²) in [5.74, 6) is 1.62. The molecule has 0 unspecified atom stereocenters. The van der Waals surface area contributed by atoms with Crippen LogP contribution in [-0.2, 0) is 16.4 Å². The summed E-state index contributed by atoms with van der Waals surface area (Å²) in [7, 11) is -1.39. The monoisotopic (exact) mass is 315 g/mol. The van der Waals surface area contributed by atoms with Crippen molar-refractivity contribution in [2.75, 3.05) is 25.2 Å². The van der Waals surface area contributed by atoms with E-state index in [9.17, 15) is 8.42 Å². The zero-order chi connectivity index (χ0) is 15.9. The first-order valence-corrected chi connectivity index (χ1v) is 8.93. The molecule has 0 saturated carbocycles. The van der Waals surface area contributed by atoms with E-state index in [0.29, 0.717) is 18.3 Å². The second kappa shape index (κ2) is 8.24. The van der Waals surface area contributed by atoms with Gasteiger partial charge < -0.3 is 14.8 Å². The predicted octanol–water partition coefficient (Wildman–Crippen LogP) is 2.01. The maximum atomic E-state index is 11.5. The van der Waals surface area contributed by atoms with Crippen molar-refractivity contribution >= 4 is 9.84 Å². The minimum absolute atomic E-state index is 0.0343. The van der Waals surface area contributed by atoms with Gasteiger partial charge in [0.15, 0.2) is 9.84 Å². The van der Waals surface area contributed by atoms with Crippen molar-refractivity contribution in [3.8, 4) is 11.5 Å². The Kier molecular flexibility index (Phi) is 6.98. The Morgan fingerprint density at radius 2 is 2.00 bits per heavy atom. The fraction of sp³-hybridized carbons (Fsp3) is 0.600. The maximum absolute atomic E-state index is 11.5. The van der Waals surface area contributed by atoms with Crippen molar-refractivity contribution in [3.05, 3.63) is 23.8 Å². The average Bonchev–Trinajstić information content (AvgIpc) is 2.45. The number of rotatable bonds is 9. The van der Waals surface area contributed by atoms with Gasteiger partial charge in [0.1, 0.15) is 18.1 Å².